The monoisotopic (exact) mass is 182 g/mol. The summed E-state index contributed by atoms with van der Waals surface area (Å²) in [5.74, 6) is 1.16. The van der Waals surface area contributed by atoms with Crippen LogP contribution in [-0.2, 0) is 0 Å². The van der Waals surface area contributed by atoms with Crippen LogP contribution in [-0.4, -0.2) is 17.8 Å². The van der Waals surface area contributed by atoms with Gasteiger partial charge in [0.15, 0.2) is 0 Å². The largest absolute Gasteiger partial charge is 0.438 e. The Kier molecular flexibility index (Phi) is 2.45. The topological polar surface area (TPSA) is 35.0 Å². The minimum Gasteiger partial charge on any atom is -0.438 e. The molecule has 2 rings (SSSR count). The summed E-state index contributed by atoms with van der Waals surface area (Å²) in [6.07, 6.45) is 2.95. The molecule has 0 N–H and O–H groups in total. The van der Waals surface area contributed by atoms with E-state index in [1.807, 2.05) is 30.3 Å². The van der Waals surface area contributed by atoms with Crippen LogP contribution in [0.4, 0.5) is 0 Å². The summed E-state index contributed by atoms with van der Waals surface area (Å²) in [6, 6.07) is 9.39. The van der Waals surface area contributed by atoms with Gasteiger partial charge in [0.2, 0.25) is 5.88 Å². The zero-order valence-electron chi connectivity index (χ0n) is 7.42. The highest BCUT2D eigenvalue weighted by atomic mass is 16.5. The molecule has 0 bridgehead atoms. The number of benzene rings is 1. The molecule has 14 heavy (non-hydrogen) atoms. The van der Waals surface area contributed by atoms with Gasteiger partial charge in [-0.2, -0.15) is 0 Å². The number of ether oxygens (including phenoxy) is 1. The first-order valence-corrected chi connectivity index (χ1v) is 4.15. The van der Waals surface area contributed by atoms with Crippen molar-refractivity contribution in [1.29, 1.82) is 0 Å². The van der Waals surface area contributed by atoms with Crippen molar-refractivity contribution in [1.82, 2.24) is 9.97 Å². The van der Waals surface area contributed by atoms with E-state index in [0.717, 1.165) is 5.75 Å². The van der Waals surface area contributed by atoms with Crippen molar-refractivity contribution in [2.24, 2.45) is 0 Å². The molecular weight excluding hydrogens is 175 g/mol. The molecule has 2 aromatic rings. The first-order chi connectivity index (χ1) is 6.84. The fourth-order valence-corrected chi connectivity index (χ4v) is 0.988. The highest BCUT2D eigenvalue weighted by molar-refractivity contribution is 6.30. The zero-order chi connectivity index (χ0) is 9.80. The summed E-state index contributed by atoms with van der Waals surface area (Å²) in [5.41, 5.74) is 0.380. The Balaban J connectivity index is 2.16. The van der Waals surface area contributed by atoms with Gasteiger partial charge in [0.05, 0.1) is 6.20 Å². The second-order valence-corrected chi connectivity index (χ2v) is 2.69. The molecule has 0 unspecified atom stereocenters. The Morgan fingerprint density at radius 1 is 1.00 bits per heavy atom. The number of aromatic nitrogens is 2. The van der Waals surface area contributed by atoms with E-state index in [0.29, 0.717) is 11.5 Å². The van der Waals surface area contributed by atoms with Crippen molar-refractivity contribution in [3.63, 3.8) is 0 Å². The molecule has 66 valence electrons. The molecule has 0 spiro atoms. The van der Waals surface area contributed by atoms with Crippen LogP contribution < -0.4 is 10.3 Å². The predicted octanol–water partition coefficient (Wildman–Crippen LogP) is 1.06. The molecule has 0 fully saturated rings. The molecule has 2 radical (unpaired) electrons. The van der Waals surface area contributed by atoms with Crippen LogP contribution in [0.1, 0.15) is 0 Å². The van der Waals surface area contributed by atoms with Gasteiger partial charge < -0.3 is 4.74 Å². The minimum absolute atomic E-state index is 0.380. The summed E-state index contributed by atoms with van der Waals surface area (Å²) in [4.78, 5) is 7.83. The molecule has 0 atom stereocenters. The highest BCUT2D eigenvalue weighted by Crippen LogP contribution is 2.16. The molecule has 0 saturated carbocycles. The minimum atomic E-state index is 0.380. The van der Waals surface area contributed by atoms with E-state index in [2.05, 4.69) is 9.97 Å². The van der Waals surface area contributed by atoms with E-state index in [1.54, 1.807) is 0 Å². The van der Waals surface area contributed by atoms with Gasteiger partial charge in [-0.15, -0.1) is 0 Å². The van der Waals surface area contributed by atoms with Crippen LogP contribution in [0.5, 0.6) is 11.6 Å². The lowest BCUT2D eigenvalue weighted by atomic mass is 10.1. The highest BCUT2D eigenvalue weighted by Gasteiger charge is 1.96. The fraction of sp³-hybridized carbons (Fsp3) is 0. The Morgan fingerprint density at radius 3 is 2.43 bits per heavy atom. The van der Waals surface area contributed by atoms with E-state index < -0.39 is 0 Å². The van der Waals surface area contributed by atoms with Gasteiger partial charge in [-0.05, 0) is 12.1 Å². The van der Waals surface area contributed by atoms with Crippen LogP contribution in [0.25, 0.3) is 0 Å². The molecule has 1 aromatic carbocycles. The van der Waals surface area contributed by atoms with E-state index in [1.165, 1.54) is 12.4 Å². The number of nitrogens with zero attached hydrogens (tertiary/aromatic N) is 2. The van der Waals surface area contributed by atoms with Gasteiger partial charge in [0, 0.05) is 11.8 Å². The number of rotatable bonds is 2. The molecule has 0 saturated heterocycles. The van der Waals surface area contributed by atoms with Crippen LogP contribution in [0, 0.1) is 0 Å². The molecule has 3 nitrogen and oxygen atoms in total. The maximum absolute atomic E-state index is 5.40. The second-order valence-electron chi connectivity index (χ2n) is 2.69. The molecule has 0 aliphatic rings. The lowest BCUT2D eigenvalue weighted by molar-refractivity contribution is 0.460. The van der Waals surface area contributed by atoms with E-state index in [9.17, 15) is 0 Å². The first kappa shape index (κ1) is 8.75. The lowest BCUT2D eigenvalue weighted by Gasteiger charge is -2.03. The van der Waals surface area contributed by atoms with Gasteiger partial charge in [-0.1, -0.05) is 18.2 Å². The third-order valence-corrected chi connectivity index (χ3v) is 1.61. The van der Waals surface area contributed by atoms with Crippen LogP contribution in [0.15, 0.2) is 42.7 Å². The Hall–Kier alpha value is -1.84. The average Bonchev–Trinajstić information content (AvgIpc) is 2.23. The van der Waals surface area contributed by atoms with Gasteiger partial charge in [0.1, 0.15) is 13.6 Å². The SMILES string of the molecule is [B]c1cnc(Oc2ccccc2)cn1. The van der Waals surface area contributed by atoms with Gasteiger partial charge in [0.25, 0.3) is 0 Å². The van der Waals surface area contributed by atoms with E-state index >= 15 is 0 Å². The molecule has 0 aliphatic heterocycles. The summed E-state index contributed by atoms with van der Waals surface area (Å²) in [7, 11) is 5.39. The van der Waals surface area contributed by atoms with Gasteiger partial charge in [-0.3, -0.25) is 4.98 Å². The van der Waals surface area contributed by atoms with Crippen LogP contribution in [0.3, 0.4) is 0 Å². The second kappa shape index (κ2) is 3.92. The smallest absolute Gasteiger partial charge is 0.237 e. The van der Waals surface area contributed by atoms with E-state index in [4.69, 9.17) is 12.6 Å². The predicted molar refractivity (Wildman–Crippen MR) is 53.9 cm³/mol. The molecule has 1 heterocycles. The number of para-hydroxylation sites is 1. The standard InChI is InChI=1S/C10H7BN2O/c11-9-6-13-10(7-12-9)14-8-4-2-1-3-5-8/h1-7H. The van der Waals surface area contributed by atoms with Crippen molar-refractivity contribution in [2.45, 2.75) is 0 Å². The van der Waals surface area contributed by atoms with Crippen molar-refractivity contribution < 1.29 is 4.74 Å². The molecule has 0 amide bonds. The maximum atomic E-state index is 5.40. The molecule has 1 aromatic heterocycles. The Bertz CT molecular complexity index is 402. The average molecular weight is 182 g/mol. The third-order valence-electron chi connectivity index (χ3n) is 1.61. The molecule has 4 heteroatoms. The zero-order valence-corrected chi connectivity index (χ0v) is 7.42. The Labute approximate surface area is 83.2 Å². The fourth-order valence-electron chi connectivity index (χ4n) is 0.988. The van der Waals surface area contributed by atoms with Crippen molar-refractivity contribution in [3.8, 4) is 11.6 Å². The lowest BCUT2D eigenvalue weighted by Crippen LogP contribution is -2.07. The normalized spacial score (nSPS) is 9.71. The van der Waals surface area contributed by atoms with E-state index in [-0.39, 0.29) is 0 Å². The van der Waals surface area contributed by atoms with Gasteiger partial charge >= 0.3 is 0 Å². The molecule has 0 aliphatic carbocycles. The summed E-state index contributed by atoms with van der Waals surface area (Å²) >= 11 is 0. The quantitative estimate of drug-likeness (QED) is 0.651. The van der Waals surface area contributed by atoms with Crippen molar-refractivity contribution in [3.05, 3.63) is 42.7 Å². The third kappa shape index (κ3) is 2.10. The first-order valence-electron chi connectivity index (χ1n) is 4.15. The van der Waals surface area contributed by atoms with Crippen molar-refractivity contribution in [2.75, 3.05) is 0 Å². The number of hydrogen-bond acceptors (Lipinski definition) is 3. The van der Waals surface area contributed by atoms with Crippen LogP contribution >= 0.6 is 0 Å². The van der Waals surface area contributed by atoms with Crippen molar-refractivity contribution >= 4 is 13.4 Å². The summed E-state index contributed by atoms with van der Waals surface area (Å²) in [6.45, 7) is 0. The maximum Gasteiger partial charge on any atom is 0.237 e. The summed E-state index contributed by atoms with van der Waals surface area (Å²) < 4.78 is 5.40. The van der Waals surface area contributed by atoms with Crippen LogP contribution in [0.2, 0.25) is 0 Å². The Morgan fingerprint density at radius 2 is 1.79 bits per heavy atom. The molecular formula is C10H7BN2O. The van der Waals surface area contributed by atoms with Gasteiger partial charge in [-0.25, -0.2) is 4.98 Å². The number of hydrogen-bond donors (Lipinski definition) is 0. The summed E-state index contributed by atoms with van der Waals surface area (Å²) in [5, 5.41) is 0.